The SMILES string of the molecule is O=C1[C@H]2[C@@H](C(=O)N1c1ccc3ccccc3c1)[C@@]1(C(=O)Nc3c(Cl)cccc31)N1CCC[C@@H]21. The van der Waals surface area contributed by atoms with Crippen molar-refractivity contribution in [2.45, 2.75) is 24.4 Å². The zero-order valence-corrected chi connectivity index (χ0v) is 18.4. The van der Waals surface area contributed by atoms with E-state index < -0.39 is 17.4 Å². The standard InChI is InChI=1S/C26H20ClN3O3/c27-18-8-3-7-17-22(18)28-25(33)26(17)21-20(19-9-4-12-29(19)26)23(31)30(24(21)32)16-11-10-14-5-1-2-6-15(14)13-16/h1-3,5-8,10-11,13,19-21H,4,9,12H2,(H,28,33)/t19-,20+,21-,26-/m0/s1. The van der Waals surface area contributed by atoms with Gasteiger partial charge in [0.25, 0.3) is 5.91 Å². The lowest BCUT2D eigenvalue weighted by atomic mass is 9.75. The number of rotatable bonds is 1. The molecule has 7 heteroatoms. The number of carbonyl (C=O) groups is 3. The van der Waals surface area contributed by atoms with Crippen molar-refractivity contribution in [3.05, 3.63) is 71.2 Å². The van der Waals surface area contributed by atoms with Crippen molar-refractivity contribution >= 4 is 51.5 Å². The van der Waals surface area contributed by atoms with Gasteiger partial charge in [0.1, 0.15) is 5.54 Å². The fourth-order valence-corrected chi connectivity index (χ4v) is 6.99. The van der Waals surface area contributed by atoms with Crippen LogP contribution in [0.25, 0.3) is 10.8 Å². The zero-order valence-electron chi connectivity index (χ0n) is 17.6. The number of nitrogens with one attached hydrogen (secondary N) is 1. The zero-order chi connectivity index (χ0) is 22.5. The van der Waals surface area contributed by atoms with Crippen molar-refractivity contribution in [1.29, 1.82) is 0 Å². The van der Waals surface area contributed by atoms with Crippen LogP contribution in [0, 0.1) is 11.8 Å². The van der Waals surface area contributed by atoms with Gasteiger partial charge in [-0.1, -0.05) is 54.1 Å². The first-order chi connectivity index (χ1) is 16.0. The Kier molecular flexibility index (Phi) is 3.75. The molecule has 0 aromatic heterocycles. The molecule has 7 rings (SSSR count). The summed E-state index contributed by atoms with van der Waals surface area (Å²) in [6.45, 7) is 0.674. The lowest BCUT2D eigenvalue weighted by molar-refractivity contribution is -0.135. The van der Waals surface area contributed by atoms with Crippen LogP contribution in [0.4, 0.5) is 11.4 Å². The third kappa shape index (κ3) is 2.20. The number of anilines is 2. The number of hydrogen-bond donors (Lipinski definition) is 1. The highest BCUT2D eigenvalue weighted by Gasteiger charge is 2.74. The van der Waals surface area contributed by atoms with Crippen LogP contribution in [-0.2, 0) is 19.9 Å². The highest BCUT2D eigenvalue weighted by atomic mass is 35.5. The Bertz CT molecular complexity index is 1400. The van der Waals surface area contributed by atoms with Crippen LogP contribution < -0.4 is 10.2 Å². The van der Waals surface area contributed by atoms with Gasteiger partial charge in [-0.3, -0.25) is 19.3 Å². The maximum Gasteiger partial charge on any atom is 0.250 e. The van der Waals surface area contributed by atoms with Crippen LogP contribution in [-0.4, -0.2) is 35.2 Å². The van der Waals surface area contributed by atoms with Crippen molar-refractivity contribution in [3.8, 4) is 0 Å². The van der Waals surface area contributed by atoms with Gasteiger partial charge < -0.3 is 5.32 Å². The predicted octanol–water partition coefficient (Wildman–Crippen LogP) is 3.92. The fraction of sp³-hybridized carbons (Fsp3) is 0.269. The van der Waals surface area contributed by atoms with E-state index in [1.807, 2.05) is 54.6 Å². The van der Waals surface area contributed by atoms with Gasteiger partial charge in [-0.15, -0.1) is 0 Å². The monoisotopic (exact) mass is 457 g/mol. The van der Waals surface area contributed by atoms with E-state index in [0.717, 1.165) is 23.6 Å². The number of halogens is 1. The number of imide groups is 1. The molecule has 3 aromatic carbocycles. The molecule has 0 bridgehead atoms. The Morgan fingerprint density at radius 3 is 2.61 bits per heavy atom. The molecule has 3 aromatic rings. The first-order valence-electron chi connectivity index (χ1n) is 11.3. The first kappa shape index (κ1) is 19.3. The van der Waals surface area contributed by atoms with E-state index in [0.29, 0.717) is 28.5 Å². The normalized spacial score (nSPS) is 30.3. The van der Waals surface area contributed by atoms with E-state index in [1.165, 1.54) is 4.90 Å². The second-order valence-electron chi connectivity index (χ2n) is 9.33. The summed E-state index contributed by atoms with van der Waals surface area (Å²) in [6, 6.07) is 18.7. The average Bonchev–Trinajstić information content (AvgIpc) is 3.53. The van der Waals surface area contributed by atoms with Gasteiger partial charge in [0.05, 0.1) is 28.2 Å². The molecule has 164 valence electrons. The summed E-state index contributed by atoms with van der Waals surface area (Å²) in [5.41, 5.74) is 0.619. The van der Waals surface area contributed by atoms with Gasteiger partial charge in [0, 0.05) is 11.6 Å². The van der Waals surface area contributed by atoms with Crippen LogP contribution in [0.3, 0.4) is 0 Å². The third-order valence-electron chi connectivity index (χ3n) is 7.97. The smallest absolute Gasteiger partial charge is 0.250 e. The molecule has 4 heterocycles. The minimum atomic E-state index is -1.20. The maximum atomic E-state index is 14.0. The summed E-state index contributed by atoms with van der Waals surface area (Å²) in [4.78, 5) is 44.9. The molecule has 3 fully saturated rings. The molecule has 3 saturated heterocycles. The number of fused-ring (bicyclic) bond motifs is 8. The van der Waals surface area contributed by atoms with E-state index in [2.05, 4.69) is 10.2 Å². The third-order valence-corrected chi connectivity index (χ3v) is 8.28. The Morgan fingerprint density at radius 2 is 1.76 bits per heavy atom. The second-order valence-corrected chi connectivity index (χ2v) is 9.74. The Labute approximate surface area is 195 Å². The number of hydrogen-bond acceptors (Lipinski definition) is 4. The van der Waals surface area contributed by atoms with E-state index in [4.69, 9.17) is 11.6 Å². The van der Waals surface area contributed by atoms with Gasteiger partial charge in [-0.25, -0.2) is 4.90 Å². The molecule has 0 unspecified atom stereocenters. The van der Waals surface area contributed by atoms with Gasteiger partial charge in [0.2, 0.25) is 11.8 Å². The van der Waals surface area contributed by atoms with E-state index in [-0.39, 0.29) is 23.8 Å². The van der Waals surface area contributed by atoms with Crippen molar-refractivity contribution in [2.24, 2.45) is 11.8 Å². The lowest BCUT2D eigenvalue weighted by Crippen LogP contribution is -2.54. The number of amides is 3. The molecule has 0 radical (unpaired) electrons. The molecule has 6 nitrogen and oxygen atoms in total. The Hall–Kier alpha value is -3.22. The average molecular weight is 458 g/mol. The number of carbonyl (C=O) groups excluding carboxylic acids is 3. The second kappa shape index (κ2) is 6.43. The molecule has 4 aliphatic heterocycles. The molecular formula is C26H20ClN3O3. The predicted molar refractivity (Wildman–Crippen MR) is 125 cm³/mol. The van der Waals surface area contributed by atoms with E-state index in [1.54, 1.807) is 6.07 Å². The van der Waals surface area contributed by atoms with Crippen LogP contribution in [0.5, 0.6) is 0 Å². The molecule has 0 aliphatic carbocycles. The summed E-state index contributed by atoms with van der Waals surface area (Å²) in [6.07, 6.45) is 1.67. The summed E-state index contributed by atoms with van der Waals surface area (Å²) in [7, 11) is 0. The number of nitrogens with zero attached hydrogens (tertiary/aromatic N) is 2. The molecule has 3 amide bonds. The number of benzene rings is 3. The molecule has 0 saturated carbocycles. The van der Waals surface area contributed by atoms with E-state index >= 15 is 0 Å². The summed E-state index contributed by atoms with van der Waals surface area (Å²) < 4.78 is 0. The Balaban J connectivity index is 1.42. The summed E-state index contributed by atoms with van der Waals surface area (Å²) in [5, 5.41) is 5.39. The minimum absolute atomic E-state index is 0.146. The summed E-state index contributed by atoms with van der Waals surface area (Å²) >= 11 is 6.43. The number of para-hydroxylation sites is 1. The first-order valence-corrected chi connectivity index (χ1v) is 11.6. The molecule has 1 spiro atoms. The molecule has 33 heavy (non-hydrogen) atoms. The van der Waals surface area contributed by atoms with Gasteiger partial charge in [-0.2, -0.15) is 0 Å². The van der Waals surface area contributed by atoms with Crippen molar-refractivity contribution in [1.82, 2.24) is 4.90 Å². The van der Waals surface area contributed by atoms with E-state index in [9.17, 15) is 14.4 Å². The van der Waals surface area contributed by atoms with Crippen LogP contribution >= 0.6 is 11.6 Å². The topological polar surface area (TPSA) is 69.7 Å². The highest BCUT2D eigenvalue weighted by molar-refractivity contribution is 6.35. The fourth-order valence-electron chi connectivity index (χ4n) is 6.76. The maximum absolute atomic E-state index is 14.0. The largest absolute Gasteiger partial charge is 0.323 e. The van der Waals surface area contributed by atoms with Crippen LogP contribution in [0.2, 0.25) is 5.02 Å². The molecular weight excluding hydrogens is 438 g/mol. The van der Waals surface area contributed by atoms with Gasteiger partial charge in [-0.05, 0) is 48.4 Å². The summed E-state index contributed by atoms with van der Waals surface area (Å²) in [5.74, 6) is -2.11. The lowest BCUT2D eigenvalue weighted by Gasteiger charge is -2.36. The molecule has 4 aliphatic rings. The van der Waals surface area contributed by atoms with Gasteiger partial charge >= 0.3 is 0 Å². The molecule has 4 atom stereocenters. The van der Waals surface area contributed by atoms with Crippen LogP contribution in [0.15, 0.2) is 60.7 Å². The minimum Gasteiger partial charge on any atom is -0.323 e. The van der Waals surface area contributed by atoms with Crippen molar-refractivity contribution in [2.75, 3.05) is 16.8 Å². The Morgan fingerprint density at radius 1 is 0.939 bits per heavy atom. The highest BCUT2D eigenvalue weighted by Crippen LogP contribution is 2.61. The van der Waals surface area contributed by atoms with Crippen LogP contribution in [0.1, 0.15) is 18.4 Å². The molecule has 1 N–H and O–H groups in total. The van der Waals surface area contributed by atoms with Gasteiger partial charge in [0.15, 0.2) is 0 Å². The van der Waals surface area contributed by atoms with Crippen molar-refractivity contribution < 1.29 is 14.4 Å². The quantitative estimate of drug-likeness (QED) is 0.562. The van der Waals surface area contributed by atoms with Crippen molar-refractivity contribution in [3.63, 3.8) is 0 Å².